The Balaban J connectivity index is 1.38. The third kappa shape index (κ3) is 5.70. The van der Waals surface area contributed by atoms with Crippen LogP contribution in [-0.4, -0.2) is 52.4 Å². The zero-order valence-electron chi connectivity index (χ0n) is 14.5. The van der Waals surface area contributed by atoms with Gasteiger partial charge in [0.05, 0.1) is 5.75 Å². The first-order valence-electron chi connectivity index (χ1n) is 9.13. The third-order valence-electron chi connectivity index (χ3n) is 4.95. The summed E-state index contributed by atoms with van der Waals surface area (Å²) in [6, 6.07) is 0.312. The molecule has 1 aliphatic heterocycles. The van der Waals surface area contributed by atoms with Gasteiger partial charge in [0.15, 0.2) is 4.34 Å². The number of piperidine rings is 1. The molecule has 1 saturated carbocycles. The zero-order chi connectivity index (χ0) is 16.8. The lowest BCUT2D eigenvalue weighted by atomic mass is 9.88. The number of carbonyl (C=O) groups excluding carboxylic acids is 1. The molecule has 2 aliphatic rings. The number of aryl methyl sites for hydroxylation is 1. The van der Waals surface area contributed by atoms with Crippen molar-refractivity contribution in [2.75, 3.05) is 25.4 Å². The fourth-order valence-electron chi connectivity index (χ4n) is 3.81. The van der Waals surface area contributed by atoms with Crippen molar-refractivity contribution in [2.24, 2.45) is 5.92 Å². The number of amides is 1. The van der Waals surface area contributed by atoms with E-state index in [2.05, 4.69) is 20.4 Å². The van der Waals surface area contributed by atoms with E-state index >= 15 is 0 Å². The highest BCUT2D eigenvalue weighted by atomic mass is 32.2. The minimum atomic E-state index is 0.123. The molecule has 0 aromatic carbocycles. The van der Waals surface area contributed by atoms with Crippen molar-refractivity contribution in [2.45, 2.75) is 62.3 Å². The van der Waals surface area contributed by atoms with Crippen molar-refractivity contribution >= 4 is 29.0 Å². The summed E-state index contributed by atoms with van der Waals surface area (Å²) in [7, 11) is 0. The molecule has 0 spiro atoms. The van der Waals surface area contributed by atoms with Crippen LogP contribution in [0.1, 0.15) is 50.0 Å². The Kier molecular flexibility index (Phi) is 6.92. The highest BCUT2D eigenvalue weighted by molar-refractivity contribution is 8.01. The smallest absolute Gasteiger partial charge is 0.230 e. The van der Waals surface area contributed by atoms with E-state index in [0.29, 0.717) is 11.8 Å². The van der Waals surface area contributed by atoms with Crippen LogP contribution in [0.5, 0.6) is 0 Å². The molecule has 134 valence electrons. The molecule has 1 aromatic heterocycles. The van der Waals surface area contributed by atoms with Crippen LogP contribution in [0.25, 0.3) is 0 Å². The Morgan fingerprint density at radius 3 is 2.83 bits per heavy atom. The van der Waals surface area contributed by atoms with Gasteiger partial charge in [-0.05, 0) is 45.1 Å². The summed E-state index contributed by atoms with van der Waals surface area (Å²) in [6.45, 7) is 5.38. The van der Waals surface area contributed by atoms with Gasteiger partial charge >= 0.3 is 0 Å². The molecule has 1 unspecified atom stereocenters. The predicted molar refractivity (Wildman–Crippen MR) is 99.5 cm³/mol. The first-order chi connectivity index (χ1) is 11.7. The zero-order valence-corrected chi connectivity index (χ0v) is 16.1. The summed E-state index contributed by atoms with van der Waals surface area (Å²) in [5.41, 5.74) is 0. The maximum absolute atomic E-state index is 12.2. The Hall–Kier alpha value is -0.660. The van der Waals surface area contributed by atoms with Crippen molar-refractivity contribution in [3.63, 3.8) is 0 Å². The fraction of sp³-hybridized carbons (Fsp3) is 0.824. The molecule has 1 aliphatic carbocycles. The van der Waals surface area contributed by atoms with E-state index in [-0.39, 0.29) is 5.91 Å². The number of rotatable bonds is 6. The van der Waals surface area contributed by atoms with Gasteiger partial charge in [-0.15, -0.1) is 10.2 Å². The second kappa shape index (κ2) is 9.15. The van der Waals surface area contributed by atoms with Crippen molar-refractivity contribution < 1.29 is 4.79 Å². The van der Waals surface area contributed by atoms with Crippen LogP contribution in [-0.2, 0) is 4.79 Å². The van der Waals surface area contributed by atoms with Crippen molar-refractivity contribution in [1.29, 1.82) is 0 Å². The number of hydrogen-bond acceptors (Lipinski definition) is 6. The average Bonchev–Trinajstić information content (AvgIpc) is 3.00. The Morgan fingerprint density at radius 2 is 2.08 bits per heavy atom. The van der Waals surface area contributed by atoms with Crippen LogP contribution < -0.4 is 5.32 Å². The first kappa shape index (κ1) is 18.1. The summed E-state index contributed by atoms with van der Waals surface area (Å²) < 4.78 is 0.880. The molecule has 0 bridgehead atoms. The molecule has 5 nitrogen and oxygen atoms in total. The molecule has 3 rings (SSSR count). The average molecular weight is 369 g/mol. The SMILES string of the molecule is Cc1nnc(SCC(=O)NC2CCCN(CC3CCCCC3)C2)s1. The maximum atomic E-state index is 12.2. The van der Waals surface area contributed by atoms with E-state index in [1.807, 2.05) is 6.92 Å². The van der Waals surface area contributed by atoms with E-state index in [1.165, 1.54) is 63.4 Å². The number of aromatic nitrogens is 2. The van der Waals surface area contributed by atoms with Crippen LogP contribution >= 0.6 is 23.1 Å². The van der Waals surface area contributed by atoms with Crippen LogP contribution in [0.15, 0.2) is 4.34 Å². The summed E-state index contributed by atoms with van der Waals surface area (Å²) in [4.78, 5) is 14.8. The summed E-state index contributed by atoms with van der Waals surface area (Å²) in [5.74, 6) is 1.44. The normalized spacial score (nSPS) is 23.3. The Bertz CT molecular complexity index is 530. The topological polar surface area (TPSA) is 58.1 Å². The van der Waals surface area contributed by atoms with Gasteiger partial charge in [-0.1, -0.05) is 42.4 Å². The van der Waals surface area contributed by atoms with E-state index in [4.69, 9.17) is 0 Å². The number of thioether (sulfide) groups is 1. The molecular formula is C17H28N4OS2. The highest BCUT2D eigenvalue weighted by Crippen LogP contribution is 2.25. The summed E-state index contributed by atoms with van der Waals surface area (Å²) in [6.07, 6.45) is 9.32. The van der Waals surface area contributed by atoms with Gasteiger partial charge < -0.3 is 10.2 Å². The number of nitrogens with one attached hydrogen (secondary N) is 1. The van der Waals surface area contributed by atoms with Crippen molar-refractivity contribution in [3.8, 4) is 0 Å². The van der Waals surface area contributed by atoms with Gasteiger partial charge in [0, 0.05) is 19.1 Å². The van der Waals surface area contributed by atoms with Gasteiger partial charge in [-0.25, -0.2) is 0 Å². The largest absolute Gasteiger partial charge is 0.351 e. The highest BCUT2D eigenvalue weighted by Gasteiger charge is 2.24. The standard InChI is InChI=1S/C17H28N4OS2/c1-13-19-20-17(24-13)23-12-16(22)18-15-8-5-9-21(11-15)10-14-6-3-2-4-7-14/h14-15H,2-12H2,1H3,(H,18,22). The second-order valence-corrected chi connectivity index (χ2v) is 9.45. The second-order valence-electron chi connectivity index (χ2n) is 7.05. The van der Waals surface area contributed by atoms with Crippen LogP contribution in [0.3, 0.4) is 0 Å². The first-order valence-corrected chi connectivity index (χ1v) is 10.9. The van der Waals surface area contributed by atoms with E-state index in [0.717, 1.165) is 28.2 Å². The van der Waals surface area contributed by atoms with Gasteiger partial charge in [0.2, 0.25) is 5.91 Å². The Morgan fingerprint density at radius 1 is 1.25 bits per heavy atom. The summed E-state index contributed by atoms with van der Waals surface area (Å²) in [5, 5.41) is 12.2. The monoisotopic (exact) mass is 368 g/mol. The molecule has 1 saturated heterocycles. The fourth-order valence-corrected chi connectivity index (χ4v) is 5.43. The van der Waals surface area contributed by atoms with Crippen LogP contribution in [0, 0.1) is 12.8 Å². The predicted octanol–water partition coefficient (Wildman–Crippen LogP) is 3.10. The molecule has 1 amide bonds. The van der Waals surface area contributed by atoms with E-state index in [1.54, 1.807) is 11.3 Å². The van der Waals surface area contributed by atoms with E-state index in [9.17, 15) is 4.79 Å². The van der Waals surface area contributed by atoms with Crippen LogP contribution in [0.4, 0.5) is 0 Å². The lowest BCUT2D eigenvalue weighted by molar-refractivity contribution is -0.119. The molecule has 7 heteroatoms. The van der Waals surface area contributed by atoms with E-state index < -0.39 is 0 Å². The third-order valence-corrected chi connectivity index (χ3v) is 6.92. The van der Waals surface area contributed by atoms with Crippen molar-refractivity contribution in [3.05, 3.63) is 5.01 Å². The minimum absolute atomic E-state index is 0.123. The maximum Gasteiger partial charge on any atom is 0.230 e. The van der Waals surface area contributed by atoms with Gasteiger partial charge in [0.1, 0.15) is 5.01 Å². The molecule has 0 radical (unpaired) electrons. The quantitative estimate of drug-likeness (QED) is 0.782. The molecule has 1 N–H and O–H groups in total. The molecule has 24 heavy (non-hydrogen) atoms. The molecular weight excluding hydrogens is 340 g/mol. The lowest BCUT2D eigenvalue weighted by Gasteiger charge is -2.36. The molecule has 1 atom stereocenters. The van der Waals surface area contributed by atoms with Crippen LogP contribution in [0.2, 0.25) is 0 Å². The van der Waals surface area contributed by atoms with Gasteiger partial charge in [-0.2, -0.15) is 0 Å². The number of likely N-dealkylation sites (tertiary alicyclic amines) is 1. The number of nitrogens with zero attached hydrogens (tertiary/aromatic N) is 3. The summed E-state index contributed by atoms with van der Waals surface area (Å²) >= 11 is 3.03. The number of carbonyl (C=O) groups is 1. The molecule has 1 aromatic rings. The Labute approximate surface area is 153 Å². The minimum Gasteiger partial charge on any atom is -0.351 e. The van der Waals surface area contributed by atoms with Crippen molar-refractivity contribution in [1.82, 2.24) is 20.4 Å². The molecule has 2 heterocycles. The molecule has 2 fully saturated rings. The lowest BCUT2D eigenvalue weighted by Crippen LogP contribution is -2.49. The number of hydrogen-bond donors (Lipinski definition) is 1. The van der Waals surface area contributed by atoms with Gasteiger partial charge in [0.25, 0.3) is 0 Å². The van der Waals surface area contributed by atoms with Gasteiger partial charge in [-0.3, -0.25) is 4.79 Å².